The molecule has 0 unspecified atom stereocenters. The van der Waals surface area contributed by atoms with Crippen LogP contribution in [0.4, 0.5) is 0 Å². The number of carbonyl (C=O) groups is 1. The Balaban J connectivity index is 1.61. The van der Waals surface area contributed by atoms with E-state index >= 15 is 0 Å². The average molecular weight is 513 g/mol. The molecule has 8 bridgehead atoms. The number of pyridine rings is 3. The summed E-state index contributed by atoms with van der Waals surface area (Å²) in [4.78, 5) is 36.7. The van der Waals surface area contributed by atoms with Gasteiger partial charge in [0.15, 0.2) is 11.3 Å². The minimum Gasteiger partial charge on any atom is -0.336 e. The maximum absolute atomic E-state index is 13.9. The van der Waals surface area contributed by atoms with Crippen molar-refractivity contribution < 1.29 is 4.79 Å². The second-order valence-electron chi connectivity index (χ2n) is 8.91. The van der Waals surface area contributed by atoms with Crippen LogP contribution in [0.15, 0.2) is 85.5 Å². The number of nitrogens with one attached hydrogen (secondary N) is 2. The van der Waals surface area contributed by atoms with E-state index in [1.807, 2.05) is 60.7 Å². The molecule has 9 nitrogen and oxygen atoms in total. The van der Waals surface area contributed by atoms with Gasteiger partial charge in [-0.15, -0.1) is 11.3 Å². The number of hydrogen-bond donors (Lipinski definition) is 2. The number of imidazole rings is 1. The van der Waals surface area contributed by atoms with Gasteiger partial charge >= 0.3 is 0 Å². The fraction of sp³-hybridized carbons (Fsp3) is 0. The van der Waals surface area contributed by atoms with Crippen molar-refractivity contribution in [2.45, 2.75) is 0 Å². The standard InChI is InChI=1S/C28H16N8OS/c37-28(15-4-2-1-3-5-15)36-18-10-16(12-29-14-18)17-11-19-23(34-35-26(19)31-13-17)27-32-20-8-9-30-25(24(20)33-27)21-6-7-22(36)38-21/h1-14H,(H,32,33)(H,31,34,35). The number of thiophene rings is 1. The van der Waals surface area contributed by atoms with Crippen LogP contribution in [0, 0.1) is 0 Å². The maximum atomic E-state index is 13.9. The monoisotopic (exact) mass is 512 g/mol. The van der Waals surface area contributed by atoms with E-state index in [0.29, 0.717) is 27.9 Å². The number of benzene rings is 1. The lowest BCUT2D eigenvalue weighted by atomic mass is 10.2. The zero-order valence-electron chi connectivity index (χ0n) is 19.6. The molecule has 0 saturated heterocycles. The first-order chi connectivity index (χ1) is 18.7. The van der Waals surface area contributed by atoms with Crippen molar-refractivity contribution in [3.63, 3.8) is 0 Å². The van der Waals surface area contributed by atoms with Crippen LogP contribution in [0.1, 0.15) is 10.4 Å². The van der Waals surface area contributed by atoms with Crippen molar-refractivity contribution in [1.29, 1.82) is 0 Å². The predicted octanol–water partition coefficient (Wildman–Crippen LogP) is 5.91. The van der Waals surface area contributed by atoms with Crippen molar-refractivity contribution in [3.8, 4) is 0 Å². The number of fused-ring (bicyclic) bond motifs is 9. The summed E-state index contributed by atoms with van der Waals surface area (Å²) in [6.45, 7) is 0. The van der Waals surface area contributed by atoms with E-state index < -0.39 is 0 Å². The van der Waals surface area contributed by atoms with Crippen molar-refractivity contribution in [2.24, 2.45) is 0 Å². The van der Waals surface area contributed by atoms with Gasteiger partial charge in [0.05, 0.1) is 27.3 Å². The minimum absolute atomic E-state index is 0.152. The molecule has 2 N–H and O–H groups in total. The summed E-state index contributed by atoms with van der Waals surface area (Å²) < 4.78 is 2.59. The van der Waals surface area contributed by atoms with Crippen LogP contribution < -0.4 is 0 Å². The van der Waals surface area contributed by atoms with Crippen LogP contribution >= 0.6 is 11.3 Å². The van der Waals surface area contributed by atoms with Crippen molar-refractivity contribution >= 4 is 81.8 Å². The topological polar surface area (TPSA) is 118 Å². The molecule has 10 heteroatoms. The molecular weight excluding hydrogens is 496 g/mol. The molecule has 7 aromatic heterocycles. The van der Waals surface area contributed by atoms with Crippen LogP contribution in [-0.2, 0) is 0 Å². The maximum Gasteiger partial charge on any atom is 0.263 e. The molecule has 0 aliphatic heterocycles. The van der Waals surface area contributed by atoms with Crippen LogP contribution in [0.2, 0.25) is 0 Å². The molecule has 0 spiro atoms. The molecule has 7 heterocycles. The number of rotatable bonds is 1. The quantitative estimate of drug-likeness (QED) is 0.282. The lowest BCUT2D eigenvalue weighted by molar-refractivity contribution is 0.0969. The first-order valence-corrected chi connectivity index (χ1v) is 12.7. The molecule has 0 radical (unpaired) electrons. The molecule has 0 saturated carbocycles. The summed E-state index contributed by atoms with van der Waals surface area (Å²) in [6.07, 6.45) is 7.00. The zero-order chi connectivity index (χ0) is 25.2. The van der Waals surface area contributed by atoms with E-state index in [1.54, 1.807) is 29.4 Å². The highest BCUT2D eigenvalue weighted by atomic mass is 32.1. The summed E-state index contributed by atoms with van der Waals surface area (Å²) in [5.74, 6) is -0.152. The number of carbonyl (C=O) groups excluding carboxylic acids is 1. The second-order valence-corrected chi connectivity index (χ2v) is 9.97. The largest absolute Gasteiger partial charge is 0.336 e. The number of H-pyrrole nitrogens is 2. The SMILES string of the molecule is O=C(c1ccccc1)n1c2cncc(c2)c2cnc3[nH]nc(c4nc5c(ccnc5c5ccc1s5)[nH]4)c3c2. The summed E-state index contributed by atoms with van der Waals surface area (Å²) in [7, 11) is 0. The van der Waals surface area contributed by atoms with E-state index in [9.17, 15) is 4.79 Å². The Hall–Kier alpha value is -5.22. The third kappa shape index (κ3) is 3.10. The van der Waals surface area contributed by atoms with Crippen molar-refractivity contribution in [1.82, 2.24) is 39.7 Å². The number of aromatic amines is 2. The molecule has 0 aliphatic carbocycles. The molecule has 180 valence electrons. The van der Waals surface area contributed by atoms with Gasteiger partial charge in [-0.3, -0.25) is 24.4 Å². The lowest BCUT2D eigenvalue weighted by Gasteiger charge is -2.08. The molecule has 0 amide bonds. The highest BCUT2D eigenvalue weighted by Crippen LogP contribution is 2.29. The van der Waals surface area contributed by atoms with E-state index in [1.165, 1.54) is 11.3 Å². The van der Waals surface area contributed by atoms with Gasteiger partial charge in [0.1, 0.15) is 21.4 Å². The Morgan fingerprint density at radius 1 is 0.842 bits per heavy atom. The fourth-order valence-corrected chi connectivity index (χ4v) is 5.83. The van der Waals surface area contributed by atoms with Crippen LogP contribution in [-0.4, -0.2) is 45.6 Å². The summed E-state index contributed by atoms with van der Waals surface area (Å²) in [5, 5.41) is 10.0. The minimum atomic E-state index is -0.152. The number of hydrogen-bond acceptors (Lipinski definition) is 7. The molecule has 38 heavy (non-hydrogen) atoms. The van der Waals surface area contributed by atoms with E-state index in [2.05, 4.69) is 30.1 Å². The third-order valence-corrected chi connectivity index (χ3v) is 7.70. The summed E-state index contributed by atoms with van der Waals surface area (Å²) in [6, 6.07) is 19.0. The highest BCUT2D eigenvalue weighted by Gasteiger charge is 2.14. The zero-order valence-corrected chi connectivity index (χ0v) is 20.4. The Kier molecular flexibility index (Phi) is 4.34. The van der Waals surface area contributed by atoms with Crippen LogP contribution in [0.25, 0.3) is 64.6 Å². The van der Waals surface area contributed by atoms with E-state index in [0.717, 1.165) is 42.2 Å². The van der Waals surface area contributed by atoms with Crippen LogP contribution in [0.5, 0.6) is 0 Å². The Bertz CT molecular complexity index is 2270. The van der Waals surface area contributed by atoms with Gasteiger partial charge in [-0.25, -0.2) is 9.97 Å². The van der Waals surface area contributed by atoms with Gasteiger partial charge < -0.3 is 4.98 Å². The predicted molar refractivity (Wildman–Crippen MR) is 149 cm³/mol. The summed E-state index contributed by atoms with van der Waals surface area (Å²) >= 11 is 1.47. The Morgan fingerprint density at radius 2 is 1.74 bits per heavy atom. The van der Waals surface area contributed by atoms with Gasteiger partial charge in [0.2, 0.25) is 0 Å². The highest BCUT2D eigenvalue weighted by molar-refractivity contribution is 7.24. The first-order valence-electron chi connectivity index (χ1n) is 11.9. The molecule has 0 fully saturated rings. The molecular formula is C28H16N8OS. The molecule has 8 aromatic rings. The second kappa shape index (κ2) is 7.89. The normalized spacial score (nSPS) is 11.8. The fourth-order valence-electron chi connectivity index (χ4n) is 4.81. The molecule has 8 rings (SSSR count). The molecule has 0 aliphatic rings. The smallest absolute Gasteiger partial charge is 0.263 e. The van der Waals surface area contributed by atoms with Gasteiger partial charge in [0, 0.05) is 34.9 Å². The van der Waals surface area contributed by atoms with Gasteiger partial charge in [0.25, 0.3) is 5.91 Å². The summed E-state index contributed by atoms with van der Waals surface area (Å²) in [5.41, 5.74) is 5.48. The Labute approximate surface area is 217 Å². The van der Waals surface area contributed by atoms with E-state index in [-0.39, 0.29) is 5.91 Å². The Morgan fingerprint density at radius 3 is 2.66 bits per heavy atom. The van der Waals surface area contributed by atoms with Crippen molar-refractivity contribution in [2.75, 3.05) is 0 Å². The average Bonchev–Trinajstić information content (AvgIpc) is 3.71. The van der Waals surface area contributed by atoms with Gasteiger partial charge in [-0.2, -0.15) is 5.10 Å². The lowest BCUT2D eigenvalue weighted by Crippen LogP contribution is -2.12. The number of nitrogens with zero attached hydrogens (tertiary/aromatic N) is 6. The number of aromatic nitrogens is 8. The molecule has 0 atom stereocenters. The first kappa shape index (κ1) is 20.9. The van der Waals surface area contributed by atoms with Crippen LogP contribution in [0.3, 0.4) is 0 Å². The van der Waals surface area contributed by atoms with Crippen molar-refractivity contribution in [3.05, 3.63) is 91.0 Å². The molecule has 1 aromatic carbocycles. The van der Waals surface area contributed by atoms with E-state index in [4.69, 9.17) is 4.98 Å². The van der Waals surface area contributed by atoms with Gasteiger partial charge in [-0.05, 0) is 42.5 Å². The third-order valence-electron chi connectivity index (χ3n) is 6.63. The van der Waals surface area contributed by atoms with Gasteiger partial charge in [-0.1, -0.05) is 18.2 Å².